The third kappa shape index (κ3) is 3.80. The minimum absolute atomic E-state index is 0.323. The van der Waals surface area contributed by atoms with Crippen LogP contribution in [0.3, 0.4) is 0 Å². The number of hydrogen-bond donors (Lipinski definition) is 1. The highest BCUT2D eigenvalue weighted by molar-refractivity contribution is 5.97. The first-order chi connectivity index (χ1) is 18.1. The van der Waals surface area contributed by atoms with E-state index in [2.05, 4.69) is 41.2 Å². The van der Waals surface area contributed by atoms with Gasteiger partial charge in [-0.3, -0.25) is 4.98 Å². The van der Waals surface area contributed by atoms with Crippen LogP contribution in [-0.4, -0.2) is 30.6 Å². The molecule has 1 N–H and O–H groups in total. The molecule has 2 aliphatic rings. The van der Waals surface area contributed by atoms with Crippen molar-refractivity contribution in [1.29, 1.82) is 0 Å². The van der Waals surface area contributed by atoms with Gasteiger partial charge >= 0.3 is 5.97 Å². The molecule has 1 atom stereocenters. The summed E-state index contributed by atoms with van der Waals surface area (Å²) in [6, 6.07) is 25.8. The number of hydrogen-bond acceptors (Lipinski definition) is 6. The van der Waals surface area contributed by atoms with E-state index in [1.165, 1.54) is 0 Å². The van der Waals surface area contributed by atoms with Crippen LogP contribution in [0.15, 0.2) is 85.1 Å². The summed E-state index contributed by atoms with van der Waals surface area (Å²) in [6.07, 6.45) is 2.61. The zero-order chi connectivity index (χ0) is 25.4. The van der Waals surface area contributed by atoms with Crippen LogP contribution in [0.25, 0.3) is 0 Å². The maximum absolute atomic E-state index is 13.1. The Morgan fingerprint density at radius 3 is 2.51 bits per heavy atom. The van der Waals surface area contributed by atoms with E-state index in [1.54, 1.807) is 0 Å². The molecule has 6 nitrogen and oxygen atoms in total. The molecule has 0 saturated carbocycles. The first-order valence-electron chi connectivity index (χ1n) is 12.8. The summed E-state index contributed by atoms with van der Waals surface area (Å²) in [4.78, 5) is 19.8. The number of carbonyl (C=O) groups excluding carboxylic acids is 1. The van der Waals surface area contributed by atoms with Crippen LogP contribution in [0.5, 0.6) is 11.5 Å². The van der Waals surface area contributed by atoms with Crippen molar-refractivity contribution in [3.63, 3.8) is 0 Å². The van der Waals surface area contributed by atoms with Crippen LogP contribution in [0.1, 0.15) is 46.6 Å². The largest absolute Gasteiger partial charge is 0.456 e. The van der Waals surface area contributed by atoms with Crippen molar-refractivity contribution < 1.29 is 14.3 Å². The zero-order valence-electron chi connectivity index (χ0n) is 21.0. The SMILES string of the molecule is CCN(CC)c1ccc2c(c1)Oc1ccc(NCCc3ccccn3)cc1C21OC(=O)c2ccccc21. The molecule has 6 rings (SSSR count). The van der Waals surface area contributed by atoms with Crippen LogP contribution in [0.2, 0.25) is 0 Å². The first-order valence-corrected chi connectivity index (χ1v) is 12.8. The summed E-state index contributed by atoms with van der Waals surface area (Å²) >= 11 is 0. The molecule has 2 aliphatic heterocycles. The Bertz CT molecular complexity index is 1470. The van der Waals surface area contributed by atoms with Crippen LogP contribution in [0, 0.1) is 0 Å². The Balaban J connectivity index is 1.44. The van der Waals surface area contributed by atoms with Gasteiger partial charge in [-0.1, -0.05) is 24.3 Å². The molecular weight excluding hydrogens is 462 g/mol. The molecule has 6 heteroatoms. The van der Waals surface area contributed by atoms with Gasteiger partial charge in [-0.05, 0) is 62.4 Å². The Morgan fingerprint density at radius 2 is 1.70 bits per heavy atom. The van der Waals surface area contributed by atoms with Gasteiger partial charge in [-0.25, -0.2) is 4.79 Å². The number of nitrogens with zero attached hydrogens (tertiary/aromatic N) is 2. The van der Waals surface area contributed by atoms with Crippen molar-refractivity contribution in [2.75, 3.05) is 29.9 Å². The monoisotopic (exact) mass is 491 g/mol. The lowest BCUT2D eigenvalue weighted by Crippen LogP contribution is -2.33. The number of anilines is 2. The molecule has 0 bridgehead atoms. The Morgan fingerprint density at radius 1 is 0.865 bits per heavy atom. The fourth-order valence-electron chi connectivity index (χ4n) is 5.44. The van der Waals surface area contributed by atoms with Gasteiger partial charge < -0.3 is 19.7 Å². The van der Waals surface area contributed by atoms with E-state index in [1.807, 2.05) is 72.9 Å². The second-order valence-electron chi connectivity index (χ2n) is 9.28. The molecule has 186 valence electrons. The molecular formula is C31H29N3O3. The summed E-state index contributed by atoms with van der Waals surface area (Å²) in [5.41, 5.74) is 5.04. The van der Waals surface area contributed by atoms with Crippen molar-refractivity contribution in [2.24, 2.45) is 0 Å². The maximum Gasteiger partial charge on any atom is 0.340 e. The quantitative estimate of drug-likeness (QED) is 0.313. The van der Waals surface area contributed by atoms with E-state index in [4.69, 9.17) is 9.47 Å². The Kier molecular flexibility index (Phi) is 5.80. The number of carbonyl (C=O) groups is 1. The molecule has 0 fully saturated rings. The van der Waals surface area contributed by atoms with Gasteiger partial charge in [-0.15, -0.1) is 0 Å². The van der Waals surface area contributed by atoms with Gasteiger partial charge in [0.15, 0.2) is 5.60 Å². The van der Waals surface area contributed by atoms with E-state index in [-0.39, 0.29) is 5.97 Å². The zero-order valence-corrected chi connectivity index (χ0v) is 21.0. The minimum atomic E-state index is -1.07. The molecule has 3 aromatic carbocycles. The van der Waals surface area contributed by atoms with Gasteiger partial charge in [0.1, 0.15) is 11.5 Å². The van der Waals surface area contributed by atoms with Gasteiger partial charge in [0.2, 0.25) is 0 Å². The first kappa shape index (κ1) is 23.1. The standard InChI is InChI=1S/C31H29N3O3/c1-3-34(4-2)23-13-14-26-29(20-23)36-28-15-12-22(33-18-16-21-9-7-8-17-32-21)19-27(28)31(26)25-11-6-5-10-24(25)30(35)37-31/h5-15,17,19-20,33H,3-4,16,18H2,1-2H3. The smallest absolute Gasteiger partial charge is 0.340 e. The van der Waals surface area contributed by atoms with Crippen molar-refractivity contribution >= 4 is 17.3 Å². The molecule has 4 aromatic rings. The fraction of sp³-hybridized carbons (Fsp3) is 0.226. The normalized spacial score (nSPS) is 16.9. The lowest BCUT2D eigenvalue weighted by Gasteiger charge is -2.37. The van der Waals surface area contributed by atoms with Crippen LogP contribution in [-0.2, 0) is 16.8 Å². The van der Waals surface area contributed by atoms with Crippen molar-refractivity contribution in [2.45, 2.75) is 25.9 Å². The topological polar surface area (TPSA) is 63.7 Å². The number of aromatic nitrogens is 1. The number of pyridine rings is 1. The van der Waals surface area contributed by atoms with Gasteiger partial charge in [0.05, 0.1) is 5.56 Å². The predicted octanol–water partition coefficient (Wildman–Crippen LogP) is 6.15. The fourth-order valence-corrected chi connectivity index (χ4v) is 5.44. The summed E-state index contributed by atoms with van der Waals surface area (Å²) in [6.45, 7) is 6.78. The number of esters is 1. The third-order valence-corrected chi connectivity index (χ3v) is 7.26. The van der Waals surface area contributed by atoms with E-state index >= 15 is 0 Å². The molecule has 37 heavy (non-hydrogen) atoms. The van der Waals surface area contributed by atoms with Crippen LogP contribution >= 0.6 is 0 Å². The van der Waals surface area contributed by atoms with Crippen molar-refractivity contribution in [3.8, 4) is 11.5 Å². The number of rotatable bonds is 7. The van der Waals surface area contributed by atoms with E-state index in [0.717, 1.165) is 59.8 Å². The highest BCUT2D eigenvalue weighted by Gasteiger charge is 2.53. The second-order valence-corrected chi connectivity index (χ2v) is 9.28. The van der Waals surface area contributed by atoms with E-state index in [9.17, 15) is 4.79 Å². The highest BCUT2D eigenvalue weighted by Crippen LogP contribution is 2.56. The number of benzene rings is 3. The van der Waals surface area contributed by atoms with Gasteiger partial charge in [-0.2, -0.15) is 0 Å². The van der Waals surface area contributed by atoms with E-state index < -0.39 is 5.60 Å². The number of fused-ring (bicyclic) bond motifs is 6. The Labute approximate surface area is 216 Å². The van der Waals surface area contributed by atoms with Crippen molar-refractivity contribution in [1.82, 2.24) is 4.98 Å². The Hall–Kier alpha value is -4.32. The van der Waals surface area contributed by atoms with Gasteiger partial charge in [0, 0.05) is 72.1 Å². The lowest BCUT2D eigenvalue weighted by atomic mass is 9.77. The van der Waals surface area contributed by atoms with Crippen LogP contribution in [0.4, 0.5) is 11.4 Å². The average molecular weight is 492 g/mol. The van der Waals surface area contributed by atoms with E-state index in [0.29, 0.717) is 17.1 Å². The lowest BCUT2D eigenvalue weighted by molar-refractivity contribution is 0.0224. The molecule has 1 aromatic heterocycles. The molecule has 0 radical (unpaired) electrons. The molecule has 0 saturated heterocycles. The average Bonchev–Trinajstić information content (AvgIpc) is 3.23. The highest BCUT2D eigenvalue weighted by atomic mass is 16.6. The van der Waals surface area contributed by atoms with Gasteiger partial charge in [0.25, 0.3) is 0 Å². The van der Waals surface area contributed by atoms with Crippen LogP contribution < -0.4 is 15.0 Å². The summed E-state index contributed by atoms with van der Waals surface area (Å²) < 4.78 is 12.8. The molecule has 0 amide bonds. The number of ether oxygens (including phenoxy) is 2. The maximum atomic E-state index is 13.1. The molecule has 1 unspecified atom stereocenters. The molecule has 1 spiro atoms. The number of nitrogens with one attached hydrogen (secondary N) is 1. The van der Waals surface area contributed by atoms with Crippen molar-refractivity contribution in [3.05, 3.63) is 113 Å². The summed E-state index contributed by atoms with van der Waals surface area (Å²) in [5.74, 6) is 1.07. The molecule has 3 heterocycles. The second kappa shape index (κ2) is 9.28. The molecule has 0 aliphatic carbocycles. The third-order valence-electron chi connectivity index (χ3n) is 7.26. The summed E-state index contributed by atoms with van der Waals surface area (Å²) in [5, 5.41) is 3.51. The summed E-state index contributed by atoms with van der Waals surface area (Å²) in [7, 11) is 0. The predicted molar refractivity (Wildman–Crippen MR) is 145 cm³/mol. The minimum Gasteiger partial charge on any atom is -0.456 e.